The summed E-state index contributed by atoms with van der Waals surface area (Å²) >= 11 is 0. The summed E-state index contributed by atoms with van der Waals surface area (Å²) in [7, 11) is -3.58. The Bertz CT molecular complexity index is 1060. The van der Waals surface area contributed by atoms with E-state index in [2.05, 4.69) is 5.32 Å². The SMILES string of the molecule is CCOc1ccc(OCC)c(NC(=O)C2CCN(S(=O)(=O)c3ccc(C)cc3C)CC2)c1. The normalized spacial score (nSPS) is 15.4. The van der Waals surface area contributed by atoms with Gasteiger partial charge in [-0.15, -0.1) is 0 Å². The molecule has 0 aliphatic carbocycles. The largest absolute Gasteiger partial charge is 0.494 e. The van der Waals surface area contributed by atoms with Crippen LogP contribution in [-0.2, 0) is 14.8 Å². The monoisotopic (exact) mass is 460 g/mol. The molecule has 2 aromatic carbocycles. The fraction of sp³-hybridized carbons (Fsp3) is 0.458. The van der Waals surface area contributed by atoms with Crippen molar-refractivity contribution in [1.29, 1.82) is 0 Å². The lowest BCUT2D eigenvalue weighted by molar-refractivity contribution is -0.120. The number of hydrogen-bond acceptors (Lipinski definition) is 5. The van der Waals surface area contributed by atoms with Crippen molar-refractivity contribution in [2.24, 2.45) is 5.92 Å². The Hall–Kier alpha value is -2.58. The number of benzene rings is 2. The summed E-state index contributed by atoms with van der Waals surface area (Å²) in [5, 5.41) is 2.95. The molecule has 7 nitrogen and oxygen atoms in total. The molecule has 0 unspecified atom stereocenters. The molecule has 8 heteroatoms. The Balaban J connectivity index is 1.67. The molecule has 174 valence electrons. The van der Waals surface area contributed by atoms with Crippen LogP contribution in [0, 0.1) is 19.8 Å². The van der Waals surface area contributed by atoms with Crippen LogP contribution in [0.1, 0.15) is 37.8 Å². The highest BCUT2D eigenvalue weighted by atomic mass is 32.2. The van der Waals surface area contributed by atoms with Crippen molar-refractivity contribution in [2.75, 3.05) is 31.6 Å². The third-order valence-corrected chi connectivity index (χ3v) is 7.65. The number of anilines is 1. The number of nitrogens with zero attached hydrogens (tertiary/aromatic N) is 1. The van der Waals surface area contributed by atoms with Gasteiger partial charge in [-0.2, -0.15) is 4.31 Å². The maximum absolute atomic E-state index is 13.1. The van der Waals surface area contributed by atoms with Gasteiger partial charge in [0.25, 0.3) is 0 Å². The summed E-state index contributed by atoms with van der Waals surface area (Å²) < 4.78 is 38.8. The van der Waals surface area contributed by atoms with E-state index in [0.29, 0.717) is 61.2 Å². The molecule has 2 aromatic rings. The van der Waals surface area contributed by atoms with Gasteiger partial charge < -0.3 is 14.8 Å². The van der Waals surface area contributed by atoms with Crippen LogP contribution in [0.3, 0.4) is 0 Å². The van der Waals surface area contributed by atoms with Gasteiger partial charge in [0.05, 0.1) is 23.8 Å². The summed E-state index contributed by atoms with van der Waals surface area (Å²) in [4.78, 5) is 13.3. The molecule has 32 heavy (non-hydrogen) atoms. The number of aryl methyl sites for hydroxylation is 2. The van der Waals surface area contributed by atoms with Crippen LogP contribution >= 0.6 is 0 Å². The summed E-state index contributed by atoms with van der Waals surface area (Å²) in [6.45, 7) is 9.15. The molecule has 0 atom stereocenters. The standard InChI is InChI=1S/C24H32N2O5S/c1-5-30-20-8-9-22(31-6-2)21(16-20)25-24(27)19-11-13-26(14-12-19)32(28,29)23-10-7-17(3)15-18(23)4/h7-10,15-16,19H,5-6,11-14H2,1-4H3,(H,25,27). The van der Waals surface area contributed by atoms with E-state index < -0.39 is 10.0 Å². The Morgan fingerprint density at radius 3 is 2.34 bits per heavy atom. The van der Waals surface area contributed by atoms with Crippen molar-refractivity contribution >= 4 is 21.6 Å². The first kappa shape index (κ1) is 24.1. The molecule has 0 saturated carbocycles. The van der Waals surface area contributed by atoms with Crippen LogP contribution in [0.4, 0.5) is 5.69 Å². The second-order valence-corrected chi connectivity index (χ2v) is 9.87. The first-order valence-electron chi connectivity index (χ1n) is 11.0. The van der Waals surface area contributed by atoms with E-state index in [4.69, 9.17) is 9.47 Å². The number of sulfonamides is 1. The summed E-state index contributed by atoms with van der Waals surface area (Å²) in [5.41, 5.74) is 2.33. The zero-order chi connectivity index (χ0) is 23.3. The minimum Gasteiger partial charge on any atom is -0.494 e. The molecule has 1 fully saturated rings. The second kappa shape index (κ2) is 10.4. The van der Waals surface area contributed by atoms with Gasteiger partial charge in [-0.25, -0.2) is 8.42 Å². The molecule has 3 rings (SSSR count). The van der Waals surface area contributed by atoms with Gasteiger partial charge in [-0.1, -0.05) is 17.7 Å². The highest BCUT2D eigenvalue weighted by molar-refractivity contribution is 7.89. The highest BCUT2D eigenvalue weighted by Crippen LogP contribution is 2.31. The van der Waals surface area contributed by atoms with Gasteiger partial charge in [-0.3, -0.25) is 4.79 Å². The van der Waals surface area contributed by atoms with Crippen LogP contribution in [0.5, 0.6) is 11.5 Å². The Labute approximate surface area is 190 Å². The van der Waals surface area contributed by atoms with Crippen molar-refractivity contribution < 1.29 is 22.7 Å². The highest BCUT2D eigenvalue weighted by Gasteiger charge is 2.33. The Kier molecular flexibility index (Phi) is 7.79. The average molecular weight is 461 g/mol. The lowest BCUT2D eigenvalue weighted by Gasteiger charge is -2.31. The molecule has 1 aliphatic rings. The number of nitrogens with one attached hydrogen (secondary N) is 1. The van der Waals surface area contributed by atoms with E-state index in [1.807, 2.05) is 39.8 Å². The first-order chi connectivity index (χ1) is 15.3. The molecule has 0 spiro atoms. The molecule has 1 N–H and O–H groups in total. The van der Waals surface area contributed by atoms with Gasteiger partial charge in [0.1, 0.15) is 11.5 Å². The van der Waals surface area contributed by atoms with E-state index in [1.165, 1.54) is 4.31 Å². The maximum atomic E-state index is 13.1. The van der Waals surface area contributed by atoms with E-state index in [-0.39, 0.29) is 11.8 Å². The number of carbonyl (C=O) groups is 1. The van der Waals surface area contributed by atoms with Crippen molar-refractivity contribution in [1.82, 2.24) is 4.31 Å². The first-order valence-corrected chi connectivity index (χ1v) is 12.5. The van der Waals surface area contributed by atoms with Crippen LogP contribution in [-0.4, -0.2) is 44.9 Å². The number of piperidine rings is 1. The van der Waals surface area contributed by atoms with Crippen molar-refractivity contribution in [2.45, 2.75) is 45.4 Å². The minimum atomic E-state index is -3.58. The smallest absolute Gasteiger partial charge is 0.243 e. The molecular weight excluding hydrogens is 428 g/mol. The Morgan fingerprint density at radius 1 is 1.03 bits per heavy atom. The summed E-state index contributed by atoms with van der Waals surface area (Å²) in [6, 6.07) is 10.7. The molecule has 1 heterocycles. The lowest BCUT2D eigenvalue weighted by Crippen LogP contribution is -2.41. The van der Waals surface area contributed by atoms with Crippen LogP contribution in [0.2, 0.25) is 0 Å². The van der Waals surface area contributed by atoms with Gasteiger partial charge in [-0.05, 0) is 64.3 Å². The lowest BCUT2D eigenvalue weighted by atomic mass is 9.97. The van der Waals surface area contributed by atoms with Crippen molar-refractivity contribution in [3.63, 3.8) is 0 Å². The van der Waals surface area contributed by atoms with Gasteiger partial charge in [0.15, 0.2) is 0 Å². The Morgan fingerprint density at radius 2 is 1.72 bits per heavy atom. The number of amides is 1. The summed E-state index contributed by atoms with van der Waals surface area (Å²) in [5.74, 6) is 0.828. The van der Waals surface area contributed by atoms with Crippen LogP contribution < -0.4 is 14.8 Å². The molecule has 1 saturated heterocycles. The molecule has 1 amide bonds. The molecular formula is C24H32N2O5S. The maximum Gasteiger partial charge on any atom is 0.243 e. The average Bonchev–Trinajstić information content (AvgIpc) is 2.75. The summed E-state index contributed by atoms with van der Waals surface area (Å²) in [6.07, 6.45) is 0.927. The predicted octanol–water partition coefficient (Wildman–Crippen LogP) is 4.14. The quantitative estimate of drug-likeness (QED) is 0.640. The number of ether oxygens (including phenoxy) is 2. The fourth-order valence-electron chi connectivity index (χ4n) is 3.97. The zero-order valence-electron chi connectivity index (χ0n) is 19.2. The third kappa shape index (κ3) is 5.42. The van der Waals surface area contributed by atoms with E-state index in [0.717, 1.165) is 11.1 Å². The second-order valence-electron chi connectivity index (χ2n) is 7.96. The van der Waals surface area contributed by atoms with E-state index >= 15 is 0 Å². The van der Waals surface area contributed by atoms with E-state index in [1.54, 1.807) is 24.3 Å². The van der Waals surface area contributed by atoms with Crippen LogP contribution in [0.15, 0.2) is 41.3 Å². The predicted molar refractivity (Wildman–Crippen MR) is 125 cm³/mol. The van der Waals surface area contributed by atoms with Crippen molar-refractivity contribution in [3.05, 3.63) is 47.5 Å². The number of rotatable bonds is 8. The molecule has 0 bridgehead atoms. The third-order valence-electron chi connectivity index (χ3n) is 5.59. The van der Waals surface area contributed by atoms with Gasteiger partial charge >= 0.3 is 0 Å². The molecule has 0 aromatic heterocycles. The van der Waals surface area contributed by atoms with Crippen LogP contribution in [0.25, 0.3) is 0 Å². The zero-order valence-corrected chi connectivity index (χ0v) is 20.0. The topological polar surface area (TPSA) is 84.9 Å². The van der Waals surface area contributed by atoms with Gasteiger partial charge in [0, 0.05) is 25.1 Å². The van der Waals surface area contributed by atoms with Gasteiger partial charge in [0.2, 0.25) is 15.9 Å². The molecule has 0 radical (unpaired) electrons. The van der Waals surface area contributed by atoms with E-state index in [9.17, 15) is 13.2 Å². The number of hydrogen-bond donors (Lipinski definition) is 1. The number of carbonyl (C=O) groups excluding carboxylic acids is 1. The molecule has 1 aliphatic heterocycles. The minimum absolute atomic E-state index is 0.136. The fourth-order valence-corrected chi connectivity index (χ4v) is 5.64. The van der Waals surface area contributed by atoms with Crippen molar-refractivity contribution in [3.8, 4) is 11.5 Å².